The summed E-state index contributed by atoms with van der Waals surface area (Å²) in [5.41, 5.74) is 0.829. The van der Waals surface area contributed by atoms with Crippen LogP contribution in [0.15, 0.2) is 29.7 Å². The van der Waals surface area contributed by atoms with Crippen molar-refractivity contribution in [3.8, 4) is 5.75 Å². The second-order valence-electron chi connectivity index (χ2n) is 3.80. The number of amidine groups is 1. The number of halogens is 2. The number of hydrogen-bond acceptors (Lipinski definition) is 4. The molecule has 0 saturated carbocycles. The van der Waals surface area contributed by atoms with Crippen LogP contribution in [-0.4, -0.2) is 17.7 Å². The zero-order chi connectivity index (χ0) is 14.7. The maximum absolute atomic E-state index is 11.7. The van der Waals surface area contributed by atoms with E-state index in [0.29, 0.717) is 11.5 Å². The third kappa shape index (κ3) is 3.76. The molecule has 1 aliphatic rings. The van der Waals surface area contributed by atoms with Crippen molar-refractivity contribution in [2.24, 2.45) is 0 Å². The number of benzene rings is 1. The quantitative estimate of drug-likeness (QED) is 0.369. The summed E-state index contributed by atoms with van der Waals surface area (Å²) in [6, 6.07) is 3.95. The average Bonchev–Trinajstić information content (AvgIpc) is 2.66. The summed E-state index contributed by atoms with van der Waals surface area (Å²) in [7, 11) is 0. The van der Waals surface area contributed by atoms with E-state index >= 15 is 0 Å². The maximum atomic E-state index is 11.7. The predicted octanol–water partition coefficient (Wildman–Crippen LogP) is 3.60. The standard InChI is InChI=1S/C13H10I2N2O2S/c1-2-3-19-11-7(4-8(14)6-9(11)15)5-10-12(18)17-13(16)20-10/h2,4-6H,1,3H2,(H2,16,17,18). The highest BCUT2D eigenvalue weighted by atomic mass is 127. The summed E-state index contributed by atoms with van der Waals surface area (Å²) in [5.74, 6) is 0.480. The van der Waals surface area contributed by atoms with E-state index in [4.69, 9.17) is 10.1 Å². The fourth-order valence-corrected chi connectivity index (χ4v) is 4.30. The van der Waals surface area contributed by atoms with Gasteiger partial charge in [-0.2, -0.15) is 0 Å². The van der Waals surface area contributed by atoms with Crippen LogP contribution in [0.4, 0.5) is 0 Å². The highest BCUT2D eigenvalue weighted by molar-refractivity contribution is 14.1. The normalized spacial score (nSPS) is 16.4. The summed E-state index contributed by atoms with van der Waals surface area (Å²) in [6.07, 6.45) is 3.43. The molecule has 0 unspecified atom stereocenters. The minimum Gasteiger partial charge on any atom is -0.488 e. The van der Waals surface area contributed by atoms with Gasteiger partial charge in [-0.15, -0.1) is 0 Å². The lowest BCUT2D eigenvalue weighted by Gasteiger charge is -2.11. The van der Waals surface area contributed by atoms with Gasteiger partial charge in [0.05, 0.1) is 8.48 Å². The van der Waals surface area contributed by atoms with Crippen LogP contribution in [0.3, 0.4) is 0 Å². The number of thioether (sulfide) groups is 1. The Morgan fingerprint density at radius 3 is 2.80 bits per heavy atom. The Hall–Kier alpha value is -0.550. The van der Waals surface area contributed by atoms with Gasteiger partial charge in [0.2, 0.25) is 0 Å². The first kappa shape index (κ1) is 15.8. The summed E-state index contributed by atoms with van der Waals surface area (Å²) in [5, 5.41) is 10.1. The van der Waals surface area contributed by atoms with E-state index in [1.165, 1.54) is 0 Å². The molecule has 4 nitrogen and oxygen atoms in total. The molecule has 0 spiro atoms. The van der Waals surface area contributed by atoms with Gasteiger partial charge in [0.15, 0.2) is 5.17 Å². The largest absolute Gasteiger partial charge is 0.488 e. The van der Waals surface area contributed by atoms with Gasteiger partial charge in [0.25, 0.3) is 5.91 Å². The Morgan fingerprint density at radius 2 is 2.20 bits per heavy atom. The zero-order valence-electron chi connectivity index (χ0n) is 10.2. The number of ether oxygens (including phenoxy) is 1. The summed E-state index contributed by atoms with van der Waals surface area (Å²) in [4.78, 5) is 12.2. The van der Waals surface area contributed by atoms with E-state index in [1.54, 1.807) is 12.2 Å². The molecule has 1 heterocycles. The van der Waals surface area contributed by atoms with Crippen molar-refractivity contribution in [3.63, 3.8) is 0 Å². The van der Waals surface area contributed by atoms with Gasteiger partial charge in [0, 0.05) is 9.13 Å². The van der Waals surface area contributed by atoms with Crippen LogP contribution in [0.5, 0.6) is 5.75 Å². The minimum absolute atomic E-state index is 0.148. The van der Waals surface area contributed by atoms with Gasteiger partial charge in [-0.3, -0.25) is 10.2 Å². The van der Waals surface area contributed by atoms with Crippen molar-refractivity contribution in [2.75, 3.05) is 6.61 Å². The SMILES string of the molecule is C=CCOc1c(I)cc(I)cc1C=C1SC(=N)NC1=O. The Labute approximate surface area is 148 Å². The highest BCUT2D eigenvalue weighted by Crippen LogP contribution is 2.33. The Kier molecular flexibility index (Phi) is 5.49. The molecule has 2 rings (SSSR count). The molecule has 1 aromatic carbocycles. The molecule has 1 saturated heterocycles. The number of carbonyl (C=O) groups excluding carboxylic acids is 1. The van der Waals surface area contributed by atoms with E-state index in [2.05, 4.69) is 57.1 Å². The monoisotopic (exact) mass is 512 g/mol. The van der Waals surface area contributed by atoms with Crippen LogP contribution in [0.25, 0.3) is 6.08 Å². The first-order valence-electron chi connectivity index (χ1n) is 5.53. The van der Waals surface area contributed by atoms with E-state index in [-0.39, 0.29) is 11.1 Å². The highest BCUT2D eigenvalue weighted by Gasteiger charge is 2.23. The van der Waals surface area contributed by atoms with Crippen molar-refractivity contribution >= 4 is 74.1 Å². The van der Waals surface area contributed by atoms with E-state index < -0.39 is 0 Å². The molecule has 0 atom stereocenters. The van der Waals surface area contributed by atoms with Gasteiger partial charge in [-0.1, -0.05) is 12.7 Å². The van der Waals surface area contributed by atoms with Crippen LogP contribution in [0.1, 0.15) is 5.56 Å². The van der Waals surface area contributed by atoms with Crippen LogP contribution in [0, 0.1) is 12.5 Å². The van der Waals surface area contributed by atoms with Crippen LogP contribution >= 0.6 is 56.9 Å². The molecule has 1 aliphatic heterocycles. The second-order valence-corrected chi connectivity index (χ2v) is 7.26. The minimum atomic E-state index is -0.247. The second kappa shape index (κ2) is 6.94. The third-order valence-corrected chi connectivity index (χ3v) is 4.59. The molecule has 2 N–H and O–H groups in total. The number of amides is 1. The van der Waals surface area contributed by atoms with Crippen molar-refractivity contribution in [1.82, 2.24) is 5.32 Å². The molecular formula is C13H10I2N2O2S. The fourth-order valence-electron chi connectivity index (χ4n) is 1.56. The van der Waals surface area contributed by atoms with Crippen molar-refractivity contribution < 1.29 is 9.53 Å². The van der Waals surface area contributed by atoms with E-state index in [0.717, 1.165) is 30.2 Å². The van der Waals surface area contributed by atoms with Crippen molar-refractivity contribution in [2.45, 2.75) is 0 Å². The summed E-state index contributed by atoms with van der Waals surface area (Å²) in [6.45, 7) is 4.04. The number of carbonyl (C=O) groups is 1. The molecule has 1 aromatic rings. The van der Waals surface area contributed by atoms with Crippen LogP contribution in [0.2, 0.25) is 0 Å². The van der Waals surface area contributed by atoms with Gasteiger partial charge in [-0.05, 0) is 75.2 Å². The molecule has 0 aliphatic carbocycles. The van der Waals surface area contributed by atoms with Gasteiger partial charge in [-0.25, -0.2) is 0 Å². The number of nitrogens with one attached hydrogen (secondary N) is 2. The first-order chi connectivity index (χ1) is 9.51. The molecule has 20 heavy (non-hydrogen) atoms. The topological polar surface area (TPSA) is 62.2 Å². The Balaban J connectivity index is 2.44. The molecular weight excluding hydrogens is 502 g/mol. The predicted molar refractivity (Wildman–Crippen MR) is 99.0 cm³/mol. The summed E-state index contributed by atoms with van der Waals surface area (Å²) >= 11 is 5.54. The lowest BCUT2D eigenvalue weighted by molar-refractivity contribution is -0.115. The fraction of sp³-hybridized carbons (Fsp3) is 0.0769. The van der Waals surface area contributed by atoms with E-state index in [1.807, 2.05) is 12.1 Å². The number of rotatable bonds is 4. The van der Waals surface area contributed by atoms with E-state index in [9.17, 15) is 4.79 Å². The van der Waals surface area contributed by atoms with Crippen molar-refractivity contribution in [3.05, 3.63) is 42.4 Å². The Bertz CT molecular complexity index is 629. The molecule has 0 radical (unpaired) electrons. The smallest absolute Gasteiger partial charge is 0.264 e. The molecule has 1 amide bonds. The molecule has 0 aromatic heterocycles. The molecule has 104 valence electrons. The molecule has 0 bridgehead atoms. The zero-order valence-corrected chi connectivity index (χ0v) is 15.3. The number of hydrogen-bond donors (Lipinski definition) is 2. The first-order valence-corrected chi connectivity index (χ1v) is 8.51. The van der Waals surface area contributed by atoms with Gasteiger partial charge in [0.1, 0.15) is 12.4 Å². The van der Waals surface area contributed by atoms with Crippen LogP contribution < -0.4 is 10.1 Å². The Morgan fingerprint density at radius 1 is 1.45 bits per heavy atom. The lowest BCUT2D eigenvalue weighted by Crippen LogP contribution is -2.18. The average molecular weight is 512 g/mol. The lowest BCUT2D eigenvalue weighted by atomic mass is 10.2. The van der Waals surface area contributed by atoms with Gasteiger partial charge >= 0.3 is 0 Å². The van der Waals surface area contributed by atoms with Crippen LogP contribution in [-0.2, 0) is 4.79 Å². The van der Waals surface area contributed by atoms with Gasteiger partial charge < -0.3 is 10.1 Å². The molecule has 7 heteroatoms. The third-order valence-electron chi connectivity index (χ3n) is 2.33. The molecule has 1 fully saturated rings. The maximum Gasteiger partial charge on any atom is 0.264 e. The van der Waals surface area contributed by atoms with Crippen molar-refractivity contribution in [1.29, 1.82) is 5.41 Å². The summed E-state index contributed by atoms with van der Waals surface area (Å²) < 4.78 is 7.71.